The minimum absolute atomic E-state index is 0.183. The highest BCUT2D eigenvalue weighted by atomic mass is 19.1. The fraction of sp³-hybridized carbons (Fsp3) is 0.333. The molecule has 1 aliphatic rings. The first-order chi connectivity index (χ1) is 10.7. The second-order valence-electron chi connectivity index (χ2n) is 5.43. The van der Waals surface area contributed by atoms with E-state index in [9.17, 15) is 23.6 Å². The van der Waals surface area contributed by atoms with Crippen molar-refractivity contribution in [3.05, 3.63) is 35.1 Å². The van der Waals surface area contributed by atoms with Gasteiger partial charge in [-0.2, -0.15) is 0 Å². The van der Waals surface area contributed by atoms with Gasteiger partial charge in [0.05, 0.1) is 17.5 Å². The van der Waals surface area contributed by atoms with E-state index in [1.54, 1.807) is 13.8 Å². The minimum Gasteiger partial charge on any atom is -0.478 e. The highest BCUT2D eigenvalue weighted by Crippen LogP contribution is 2.17. The smallest absolute Gasteiger partial charge is 0.335 e. The van der Waals surface area contributed by atoms with Crippen molar-refractivity contribution in [3.63, 3.8) is 0 Å². The molecule has 0 aromatic heterocycles. The fourth-order valence-corrected chi connectivity index (χ4v) is 2.37. The van der Waals surface area contributed by atoms with Crippen molar-refractivity contribution >= 4 is 23.7 Å². The lowest BCUT2D eigenvalue weighted by Crippen LogP contribution is -2.44. The summed E-state index contributed by atoms with van der Waals surface area (Å²) >= 11 is 0. The molecule has 2 N–H and O–H groups in total. The number of hydrogen-bond acceptors (Lipinski definition) is 4. The first kappa shape index (κ1) is 16.6. The molecule has 0 radical (unpaired) electrons. The van der Waals surface area contributed by atoms with Crippen LogP contribution in [0.4, 0.5) is 4.39 Å². The van der Waals surface area contributed by atoms with E-state index in [1.807, 2.05) is 0 Å². The van der Waals surface area contributed by atoms with Crippen molar-refractivity contribution in [2.75, 3.05) is 0 Å². The van der Waals surface area contributed by atoms with Crippen LogP contribution >= 0.6 is 0 Å². The van der Waals surface area contributed by atoms with E-state index in [2.05, 4.69) is 5.32 Å². The zero-order valence-corrected chi connectivity index (χ0v) is 12.5. The molecule has 1 atom stereocenters. The van der Waals surface area contributed by atoms with Gasteiger partial charge < -0.3 is 10.4 Å². The molecule has 0 saturated carbocycles. The molecule has 1 aromatic carbocycles. The number of imide groups is 1. The molecule has 0 bridgehead atoms. The van der Waals surface area contributed by atoms with Crippen LogP contribution in [0.5, 0.6) is 0 Å². The van der Waals surface area contributed by atoms with Gasteiger partial charge in [-0.25, -0.2) is 9.18 Å². The number of hydrogen-bond donors (Lipinski definition) is 2. The Balaban J connectivity index is 2.16. The summed E-state index contributed by atoms with van der Waals surface area (Å²) in [6.45, 7) is 3.34. The van der Waals surface area contributed by atoms with E-state index in [0.717, 1.165) is 23.1 Å². The molecule has 1 aliphatic heterocycles. The highest BCUT2D eigenvalue weighted by molar-refractivity contribution is 6.08. The van der Waals surface area contributed by atoms with Crippen LogP contribution < -0.4 is 5.32 Å². The van der Waals surface area contributed by atoms with Crippen LogP contribution in [0.3, 0.4) is 0 Å². The lowest BCUT2D eigenvalue weighted by Gasteiger charge is -2.19. The van der Waals surface area contributed by atoms with Gasteiger partial charge >= 0.3 is 5.97 Å². The fourth-order valence-electron chi connectivity index (χ4n) is 2.37. The molecule has 0 aliphatic carbocycles. The molecule has 1 fully saturated rings. The summed E-state index contributed by atoms with van der Waals surface area (Å²) in [5, 5.41) is 11.1. The number of carboxylic acid groups (broad SMARTS) is 1. The Morgan fingerprint density at radius 2 is 2.00 bits per heavy atom. The van der Waals surface area contributed by atoms with E-state index in [0.29, 0.717) is 0 Å². The number of carboxylic acids is 1. The minimum atomic E-state index is -1.32. The first-order valence-electron chi connectivity index (χ1n) is 6.92. The van der Waals surface area contributed by atoms with E-state index in [4.69, 9.17) is 5.11 Å². The summed E-state index contributed by atoms with van der Waals surface area (Å²) in [5.74, 6) is -4.16. The van der Waals surface area contributed by atoms with Crippen LogP contribution in [0, 0.1) is 5.82 Å². The third-order valence-corrected chi connectivity index (χ3v) is 3.47. The second kappa shape index (κ2) is 6.15. The van der Waals surface area contributed by atoms with E-state index >= 15 is 0 Å². The summed E-state index contributed by atoms with van der Waals surface area (Å²) in [6.07, 6.45) is -0.183. The molecule has 1 saturated heterocycles. The number of carbonyl (C=O) groups excluding carboxylic acids is 3. The number of halogens is 1. The van der Waals surface area contributed by atoms with Crippen molar-refractivity contribution in [2.45, 2.75) is 32.4 Å². The lowest BCUT2D eigenvalue weighted by atomic mass is 10.1. The Morgan fingerprint density at radius 3 is 2.48 bits per heavy atom. The Hall–Kier alpha value is -2.77. The van der Waals surface area contributed by atoms with Crippen LogP contribution in [0.15, 0.2) is 18.2 Å². The van der Waals surface area contributed by atoms with Crippen LogP contribution in [-0.4, -0.2) is 45.8 Å². The SMILES string of the molecule is CC(C)N1C(=O)CC(NC(=O)c2ccc(C(=O)O)cc2F)C1=O. The standard InChI is InChI=1S/C15H15FN2O5/c1-7(2)18-12(19)6-11(14(18)21)17-13(20)9-4-3-8(15(22)23)5-10(9)16/h3-5,7,11H,6H2,1-2H3,(H,17,20)(H,22,23). The Bertz CT molecular complexity index is 701. The summed E-state index contributed by atoms with van der Waals surface area (Å²) in [4.78, 5) is 47.7. The molecule has 8 heteroatoms. The third-order valence-electron chi connectivity index (χ3n) is 3.47. The van der Waals surface area contributed by atoms with Crippen LogP contribution in [0.25, 0.3) is 0 Å². The summed E-state index contributed by atoms with van der Waals surface area (Å²) < 4.78 is 13.8. The Morgan fingerprint density at radius 1 is 1.35 bits per heavy atom. The number of amides is 3. The quantitative estimate of drug-likeness (QED) is 0.798. The third kappa shape index (κ3) is 3.20. The topological polar surface area (TPSA) is 104 Å². The maximum atomic E-state index is 13.8. The number of nitrogens with one attached hydrogen (secondary N) is 1. The van der Waals surface area contributed by atoms with Gasteiger partial charge in [0.2, 0.25) is 5.91 Å². The molecule has 0 spiro atoms. The summed E-state index contributed by atoms with van der Waals surface area (Å²) in [6, 6.07) is 1.46. The van der Waals surface area contributed by atoms with Crippen molar-refractivity contribution in [1.82, 2.24) is 10.2 Å². The van der Waals surface area contributed by atoms with Gasteiger partial charge in [-0.15, -0.1) is 0 Å². The van der Waals surface area contributed by atoms with Crippen LogP contribution in [0.2, 0.25) is 0 Å². The predicted molar refractivity (Wildman–Crippen MR) is 76.2 cm³/mol. The van der Waals surface area contributed by atoms with Gasteiger partial charge in [0, 0.05) is 6.04 Å². The maximum Gasteiger partial charge on any atom is 0.335 e. The second-order valence-corrected chi connectivity index (χ2v) is 5.43. The molecule has 3 amide bonds. The molecular formula is C15H15FN2O5. The molecule has 1 aromatic rings. The molecule has 23 heavy (non-hydrogen) atoms. The highest BCUT2D eigenvalue weighted by Gasteiger charge is 2.40. The number of benzene rings is 1. The van der Waals surface area contributed by atoms with E-state index < -0.39 is 41.1 Å². The first-order valence-corrected chi connectivity index (χ1v) is 6.92. The molecule has 122 valence electrons. The molecule has 1 unspecified atom stereocenters. The van der Waals surface area contributed by atoms with Crippen LogP contribution in [0.1, 0.15) is 41.0 Å². The number of aromatic carboxylic acids is 1. The lowest BCUT2D eigenvalue weighted by molar-refractivity contribution is -0.140. The van der Waals surface area contributed by atoms with Crippen molar-refractivity contribution in [2.24, 2.45) is 0 Å². The van der Waals surface area contributed by atoms with Gasteiger partial charge in [0.25, 0.3) is 11.8 Å². The van der Waals surface area contributed by atoms with Crippen molar-refractivity contribution in [3.8, 4) is 0 Å². The number of likely N-dealkylation sites (tertiary alicyclic amines) is 1. The van der Waals surface area contributed by atoms with Gasteiger partial charge in [0.1, 0.15) is 11.9 Å². The van der Waals surface area contributed by atoms with Gasteiger partial charge in [-0.05, 0) is 32.0 Å². The summed E-state index contributed by atoms with van der Waals surface area (Å²) in [7, 11) is 0. The number of rotatable bonds is 4. The van der Waals surface area contributed by atoms with Crippen molar-refractivity contribution in [1.29, 1.82) is 0 Å². The normalized spacial score (nSPS) is 17.7. The average molecular weight is 322 g/mol. The van der Waals surface area contributed by atoms with Gasteiger partial charge in [0.15, 0.2) is 0 Å². The zero-order chi connectivity index (χ0) is 17.3. The van der Waals surface area contributed by atoms with Gasteiger partial charge in [-0.3, -0.25) is 19.3 Å². The van der Waals surface area contributed by atoms with Crippen LogP contribution in [-0.2, 0) is 9.59 Å². The van der Waals surface area contributed by atoms with E-state index in [1.165, 1.54) is 0 Å². The number of nitrogens with zero attached hydrogens (tertiary/aromatic N) is 1. The zero-order valence-electron chi connectivity index (χ0n) is 12.5. The largest absolute Gasteiger partial charge is 0.478 e. The van der Waals surface area contributed by atoms with Gasteiger partial charge in [-0.1, -0.05) is 0 Å². The molecule has 1 heterocycles. The molecular weight excluding hydrogens is 307 g/mol. The molecule has 2 rings (SSSR count). The monoisotopic (exact) mass is 322 g/mol. The maximum absolute atomic E-state index is 13.8. The Kier molecular flexibility index (Phi) is 4.44. The van der Waals surface area contributed by atoms with E-state index in [-0.39, 0.29) is 18.0 Å². The average Bonchev–Trinajstić information content (AvgIpc) is 2.72. The summed E-state index contributed by atoms with van der Waals surface area (Å²) in [5.41, 5.74) is -0.685. The Labute approximate surface area is 131 Å². The number of carbonyl (C=O) groups is 4. The predicted octanol–water partition coefficient (Wildman–Crippen LogP) is 0.790. The molecule has 7 nitrogen and oxygen atoms in total. The van der Waals surface area contributed by atoms with Crippen molar-refractivity contribution < 1.29 is 28.7 Å².